The molecule has 0 unspecified atom stereocenters. The van der Waals surface area contributed by atoms with Gasteiger partial charge in [-0.3, -0.25) is 9.59 Å². The molecule has 1 aromatic rings. The average molecular weight is 490 g/mol. The van der Waals surface area contributed by atoms with E-state index in [1.54, 1.807) is 0 Å². The molecule has 0 bridgehead atoms. The first-order chi connectivity index (χ1) is 11.9. The van der Waals surface area contributed by atoms with Gasteiger partial charge in [0.15, 0.2) is 6.61 Å². The Morgan fingerprint density at radius 3 is 2.27 bits per heavy atom. The first-order valence-electron chi connectivity index (χ1n) is 7.49. The zero-order valence-corrected chi connectivity index (χ0v) is 18.3. The molecule has 7 nitrogen and oxygen atoms in total. The quantitative estimate of drug-likeness (QED) is 0.546. The molecule has 0 fully saturated rings. The predicted molar refractivity (Wildman–Crippen MR) is 103 cm³/mol. The molecule has 0 aromatic heterocycles. The van der Waals surface area contributed by atoms with E-state index in [0.717, 1.165) is 0 Å². The van der Waals surface area contributed by atoms with Crippen LogP contribution in [0.4, 0.5) is 0 Å². The molecule has 0 aliphatic rings. The van der Waals surface area contributed by atoms with E-state index in [2.05, 4.69) is 21.2 Å². The number of esters is 1. The van der Waals surface area contributed by atoms with Gasteiger partial charge in [0.05, 0.1) is 10.0 Å². The molecule has 0 heterocycles. The maximum absolute atomic E-state index is 12.3. The average Bonchev–Trinajstić information content (AvgIpc) is 2.49. The number of carbonyl (C=O) groups is 2. The molecule has 2 N–H and O–H groups in total. The van der Waals surface area contributed by atoms with Crippen molar-refractivity contribution >= 4 is 61.0 Å². The maximum Gasteiger partial charge on any atom is 0.321 e. The van der Waals surface area contributed by atoms with Gasteiger partial charge >= 0.3 is 5.97 Å². The van der Waals surface area contributed by atoms with Crippen molar-refractivity contribution in [3.05, 3.63) is 26.7 Å². The van der Waals surface area contributed by atoms with Crippen LogP contribution >= 0.6 is 39.1 Å². The minimum Gasteiger partial charge on any atom is -0.455 e. The summed E-state index contributed by atoms with van der Waals surface area (Å²) in [4.78, 5) is 23.0. The Hall–Kier alpha value is -0.870. The predicted octanol–water partition coefficient (Wildman–Crippen LogP) is 2.88. The van der Waals surface area contributed by atoms with Crippen LogP contribution in [0.3, 0.4) is 0 Å². The second-order valence-electron chi connectivity index (χ2n) is 5.97. The number of hydrogen-bond acceptors (Lipinski definition) is 5. The van der Waals surface area contributed by atoms with Crippen LogP contribution in [-0.2, 0) is 24.3 Å². The molecule has 0 saturated heterocycles. The molecule has 0 aliphatic carbocycles. The molecule has 1 aromatic carbocycles. The van der Waals surface area contributed by atoms with Crippen molar-refractivity contribution in [2.45, 2.75) is 37.6 Å². The lowest BCUT2D eigenvalue weighted by molar-refractivity contribution is -0.147. The summed E-state index contributed by atoms with van der Waals surface area (Å²) in [5, 5.41) is 2.48. The van der Waals surface area contributed by atoms with Crippen LogP contribution in [0.15, 0.2) is 21.5 Å². The van der Waals surface area contributed by atoms with Gasteiger partial charge in [-0.2, -0.15) is 4.72 Å². The Morgan fingerprint density at radius 2 is 1.77 bits per heavy atom. The highest BCUT2D eigenvalue weighted by Gasteiger charge is 2.24. The number of carbonyl (C=O) groups excluding carboxylic acids is 2. The third-order valence-electron chi connectivity index (χ3n) is 3.36. The van der Waals surface area contributed by atoms with Gasteiger partial charge in [-0.05, 0) is 32.4 Å². The third kappa shape index (κ3) is 7.03. The number of benzene rings is 1. The zero-order chi connectivity index (χ0) is 20.1. The van der Waals surface area contributed by atoms with Crippen LogP contribution in [-0.4, -0.2) is 39.0 Å². The number of amides is 1. The van der Waals surface area contributed by atoms with Crippen molar-refractivity contribution in [2.24, 2.45) is 0 Å². The van der Waals surface area contributed by atoms with E-state index in [9.17, 15) is 18.0 Å². The van der Waals surface area contributed by atoms with Crippen molar-refractivity contribution in [3.8, 4) is 0 Å². The normalized spacial score (nSPS) is 11.9. The molecule has 11 heteroatoms. The molecule has 146 valence electrons. The minimum absolute atomic E-state index is 0.105. The Kier molecular flexibility index (Phi) is 8.34. The third-order valence-corrected chi connectivity index (χ3v) is 6.14. The van der Waals surface area contributed by atoms with Gasteiger partial charge < -0.3 is 10.1 Å². The molecule has 0 saturated carbocycles. The summed E-state index contributed by atoms with van der Waals surface area (Å²) in [6.07, 6.45) is 0.696. The number of halogens is 3. The SMILES string of the molecule is CCC(C)(C)NC(=O)COC(=O)CNS(=O)(=O)c1c(Cl)cc(Br)cc1Cl. The van der Waals surface area contributed by atoms with Gasteiger partial charge in [-0.1, -0.05) is 46.1 Å². The molecule has 0 spiro atoms. The number of hydrogen-bond donors (Lipinski definition) is 2. The smallest absolute Gasteiger partial charge is 0.321 e. The molecule has 0 atom stereocenters. The van der Waals surface area contributed by atoms with E-state index in [1.165, 1.54) is 12.1 Å². The minimum atomic E-state index is -4.14. The van der Waals surface area contributed by atoms with Gasteiger partial charge in [-0.25, -0.2) is 8.42 Å². The van der Waals surface area contributed by atoms with Gasteiger partial charge in [0, 0.05) is 10.0 Å². The first-order valence-corrected chi connectivity index (χ1v) is 10.5. The Labute approximate surface area is 170 Å². The molecule has 0 radical (unpaired) electrons. The number of ether oxygens (including phenoxy) is 1. The highest BCUT2D eigenvalue weighted by molar-refractivity contribution is 9.10. The van der Waals surface area contributed by atoms with E-state index in [0.29, 0.717) is 10.9 Å². The summed E-state index contributed by atoms with van der Waals surface area (Å²) in [5.74, 6) is -1.39. The lowest BCUT2D eigenvalue weighted by Crippen LogP contribution is -2.45. The van der Waals surface area contributed by atoms with Gasteiger partial charge in [0.1, 0.15) is 11.4 Å². The zero-order valence-electron chi connectivity index (χ0n) is 14.4. The topological polar surface area (TPSA) is 102 Å². The van der Waals surface area contributed by atoms with Crippen molar-refractivity contribution in [2.75, 3.05) is 13.2 Å². The lowest BCUT2D eigenvalue weighted by atomic mass is 10.0. The van der Waals surface area contributed by atoms with Gasteiger partial charge in [0.25, 0.3) is 5.91 Å². The Balaban J connectivity index is 2.63. The van der Waals surface area contributed by atoms with E-state index < -0.39 is 40.6 Å². The van der Waals surface area contributed by atoms with Crippen LogP contribution in [0, 0.1) is 0 Å². The molecule has 1 rings (SSSR count). The standard InChI is InChI=1S/C15H19BrCl2N2O5S/c1-4-15(2,3)20-12(21)8-25-13(22)7-19-26(23,24)14-10(17)5-9(16)6-11(14)18/h5-6,19H,4,7-8H2,1-3H3,(H,20,21). The fourth-order valence-corrected chi connectivity index (χ4v) is 4.61. The molecule has 1 amide bonds. The largest absolute Gasteiger partial charge is 0.455 e. The molecule has 26 heavy (non-hydrogen) atoms. The van der Waals surface area contributed by atoms with Crippen LogP contribution in [0.5, 0.6) is 0 Å². The van der Waals surface area contributed by atoms with Crippen LogP contribution in [0.25, 0.3) is 0 Å². The fraction of sp³-hybridized carbons (Fsp3) is 0.467. The van der Waals surface area contributed by atoms with Gasteiger partial charge in [0.2, 0.25) is 10.0 Å². The number of rotatable bonds is 8. The van der Waals surface area contributed by atoms with Gasteiger partial charge in [-0.15, -0.1) is 0 Å². The maximum atomic E-state index is 12.3. The Bertz CT molecular complexity index is 776. The fourth-order valence-electron chi connectivity index (χ4n) is 1.71. The van der Waals surface area contributed by atoms with Crippen LogP contribution in [0.1, 0.15) is 27.2 Å². The highest BCUT2D eigenvalue weighted by atomic mass is 79.9. The molecule has 0 aliphatic heterocycles. The van der Waals surface area contributed by atoms with Crippen LogP contribution in [0.2, 0.25) is 10.0 Å². The van der Waals surface area contributed by atoms with E-state index in [4.69, 9.17) is 27.9 Å². The molecular weight excluding hydrogens is 471 g/mol. The second-order valence-corrected chi connectivity index (χ2v) is 9.40. The van der Waals surface area contributed by atoms with E-state index in [1.807, 2.05) is 25.5 Å². The number of sulfonamides is 1. The van der Waals surface area contributed by atoms with Crippen molar-refractivity contribution in [3.63, 3.8) is 0 Å². The summed E-state index contributed by atoms with van der Waals surface area (Å²) in [5.41, 5.74) is -0.430. The Morgan fingerprint density at radius 1 is 1.23 bits per heavy atom. The van der Waals surface area contributed by atoms with Crippen molar-refractivity contribution in [1.29, 1.82) is 0 Å². The first kappa shape index (κ1) is 23.2. The summed E-state index contributed by atoms with van der Waals surface area (Å²) in [6, 6.07) is 2.72. The summed E-state index contributed by atoms with van der Waals surface area (Å²) >= 11 is 15.0. The van der Waals surface area contributed by atoms with Crippen molar-refractivity contribution in [1.82, 2.24) is 10.0 Å². The molecular formula is C15H19BrCl2N2O5S. The second kappa shape index (κ2) is 9.36. The summed E-state index contributed by atoms with van der Waals surface area (Å²) in [6.45, 7) is 4.37. The lowest BCUT2D eigenvalue weighted by Gasteiger charge is -2.24. The monoisotopic (exact) mass is 488 g/mol. The highest BCUT2D eigenvalue weighted by Crippen LogP contribution is 2.32. The summed E-state index contributed by atoms with van der Waals surface area (Å²) < 4.78 is 31.8. The number of nitrogens with one attached hydrogen (secondary N) is 2. The van der Waals surface area contributed by atoms with Crippen LogP contribution < -0.4 is 10.0 Å². The van der Waals surface area contributed by atoms with E-state index >= 15 is 0 Å². The van der Waals surface area contributed by atoms with Crippen molar-refractivity contribution < 1.29 is 22.7 Å². The van der Waals surface area contributed by atoms with E-state index in [-0.39, 0.29) is 14.9 Å². The summed E-state index contributed by atoms with van der Waals surface area (Å²) in [7, 11) is -4.14.